The molecule has 6 heteroatoms. The van der Waals surface area contributed by atoms with Crippen LogP contribution in [0, 0.1) is 0 Å². The van der Waals surface area contributed by atoms with Crippen LogP contribution in [0.25, 0.3) is 0 Å². The van der Waals surface area contributed by atoms with E-state index < -0.39 is 23.8 Å². The minimum Gasteiger partial charge on any atom is -0.468 e. The fraction of sp³-hybridized carbons (Fsp3) is 0.500. The summed E-state index contributed by atoms with van der Waals surface area (Å²) >= 11 is 0. The Morgan fingerprint density at radius 3 is 2.55 bits per heavy atom. The molecule has 0 radical (unpaired) electrons. The maximum Gasteiger partial charge on any atom is 0.416 e. The van der Waals surface area contributed by atoms with E-state index in [9.17, 15) is 18.0 Å². The Labute approximate surface area is 116 Å². The predicted molar refractivity (Wildman–Crippen MR) is 69.1 cm³/mol. The van der Waals surface area contributed by atoms with Gasteiger partial charge >= 0.3 is 12.1 Å². The molecule has 0 bridgehead atoms. The van der Waals surface area contributed by atoms with Crippen molar-refractivity contribution in [2.45, 2.75) is 38.5 Å². The molecule has 2 unspecified atom stereocenters. The van der Waals surface area contributed by atoms with Crippen LogP contribution in [0.5, 0.6) is 0 Å². The minimum absolute atomic E-state index is 0.0198. The van der Waals surface area contributed by atoms with E-state index >= 15 is 0 Å². The Morgan fingerprint density at radius 2 is 2.05 bits per heavy atom. The van der Waals surface area contributed by atoms with Crippen molar-refractivity contribution in [3.63, 3.8) is 0 Å². The molecular formula is C14H18F3NO2. The Hall–Kier alpha value is -1.56. The molecule has 0 aliphatic carbocycles. The molecule has 1 aromatic rings. The van der Waals surface area contributed by atoms with Gasteiger partial charge < -0.3 is 4.74 Å². The van der Waals surface area contributed by atoms with Gasteiger partial charge in [0.05, 0.1) is 12.7 Å². The topological polar surface area (TPSA) is 38.3 Å². The van der Waals surface area contributed by atoms with Gasteiger partial charge in [-0.15, -0.1) is 0 Å². The van der Waals surface area contributed by atoms with Crippen LogP contribution in [0.4, 0.5) is 13.2 Å². The lowest BCUT2D eigenvalue weighted by molar-refractivity contribution is -0.144. The molecule has 0 aromatic heterocycles. The zero-order chi connectivity index (χ0) is 15.3. The smallest absolute Gasteiger partial charge is 0.416 e. The third-order valence-corrected chi connectivity index (χ3v) is 3.05. The molecule has 0 heterocycles. The number of halogens is 3. The summed E-state index contributed by atoms with van der Waals surface area (Å²) in [7, 11) is 1.21. The highest BCUT2D eigenvalue weighted by Crippen LogP contribution is 2.31. The second-order valence-corrected chi connectivity index (χ2v) is 4.56. The van der Waals surface area contributed by atoms with E-state index in [1.807, 2.05) is 13.8 Å². The maximum atomic E-state index is 12.7. The number of alkyl halides is 3. The number of methoxy groups -OCH3 is 1. The second kappa shape index (κ2) is 6.74. The monoisotopic (exact) mass is 289 g/mol. The first-order valence-electron chi connectivity index (χ1n) is 6.30. The minimum atomic E-state index is -4.44. The van der Waals surface area contributed by atoms with E-state index in [0.29, 0.717) is 0 Å². The molecule has 0 saturated heterocycles. The average Bonchev–Trinajstić information content (AvgIpc) is 2.42. The predicted octanol–water partition coefficient (Wildman–Crippen LogP) is 3.31. The molecule has 0 aliphatic rings. The molecule has 0 amide bonds. The highest BCUT2D eigenvalue weighted by atomic mass is 19.4. The van der Waals surface area contributed by atoms with Crippen LogP contribution in [-0.2, 0) is 15.7 Å². The van der Waals surface area contributed by atoms with Gasteiger partial charge in [-0.05, 0) is 31.0 Å². The van der Waals surface area contributed by atoms with Gasteiger partial charge in [0, 0.05) is 6.04 Å². The largest absolute Gasteiger partial charge is 0.468 e. The molecule has 20 heavy (non-hydrogen) atoms. The first-order valence-corrected chi connectivity index (χ1v) is 6.30. The fourth-order valence-electron chi connectivity index (χ4n) is 1.72. The molecule has 1 N–H and O–H groups in total. The Morgan fingerprint density at radius 1 is 1.40 bits per heavy atom. The van der Waals surface area contributed by atoms with Gasteiger partial charge in [0.15, 0.2) is 0 Å². The van der Waals surface area contributed by atoms with Crippen LogP contribution in [0.1, 0.15) is 37.4 Å². The zero-order valence-electron chi connectivity index (χ0n) is 11.6. The van der Waals surface area contributed by atoms with Crippen molar-refractivity contribution in [2.24, 2.45) is 0 Å². The second-order valence-electron chi connectivity index (χ2n) is 4.56. The molecule has 2 atom stereocenters. The summed E-state index contributed by atoms with van der Waals surface area (Å²) in [6, 6.07) is 3.78. The molecule has 0 spiro atoms. The third kappa shape index (κ3) is 4.23. The van der Waals surface area contributed by atoms with Gasteiger partial charge in [-0.2, -0.15) is 13.2 Å². The number of ether oxygens (including phenoxy) is 1. The summed E-state index contributed by atoms with van der Waals surface area (Å²) in [6.07, 6.45) is -3.69. The van der Waals surface area contributed by atoms with Gasteiger partial charge in [0.2, 0.25) is 0 Å². The van der Waals surface area contributed by atoms with Crippen LogP contribution in [0.15, 0.2) is 24.3 Å². The quantitative estimate of drug-likeness (QED) is 0.845. The van der Waals surface area contributed by atoms with Crippen LogP contribution in [0.3, 0.4) is 0 Å². The van der Waals surface area contributed by atoms with Gasteiger partial charge in [-0.1, -0.05) is 19.1 Å². The summed E-state index contributed by atoms with van der Waals surface area (Å²) in [5.41, 5.74) is -0.540. The highest BCUT2D eigenvalue weighted by molar-refractivity contribution is 5.77. The molecule has 0 saturated carbocycles. The van der Waals surface area contributed by atoms with Crippen molar-refractivity contribution < 1.29 is 22.7 Å². The summed E-state index contributed by atoms with van der Waals surface area (Å²) in [5.74, 6) is -0.607. The Bertz CT molecular complexity index is 460. The number of hydrogen-bond donors (Lipinski definition) is 1. The molecule has 0 aliphatic heterocycles. The maximum absolute atomic E-state index is 12.7. The first kappa shape index (κ1) is 16.5. The number of esters is 1. The van der Waals surface area contributed by atoms with Crippen molar-refractivity contribution in [3.8, 4) is 0 Å². The molecule has 1 aromatic carbocycles. The first-order chi connectivity index (χ1) is 9.29. The van der Waals surface area contributed by atoms with Crippen molar-refractivity contribution in [1.29, 1.82) is 0 Å². The summed E-state index contributed by atoms with van der Waals surface area (Å²) in [5, 5.41) is 2.97. The lowest BCUT2D eigenvalue weighted by Crippen LogP contribution is -2.35. The number of carbonyl (C=O) groups excluding carboxylic acids is 1. The van der Waals surface area contributed by atoms with Gasteiger partial charge in [0.1, 0.15) is 6.04 Å². The van der Waals surface area contributed by atoms with E-state index in [1.54, 1.807) is 0 Å². The molecule has 112 valence electrons. The Kier molecular flexibility index (Phi) is 5.56. The van der Waals surface area contributed by atoms with Gasteiger partial charge in [-0.3, -0.25) is 5.32 Å². The highest BCUT2D eigenvalue weighted by Gasteiger charge is 2.32. The SMILES string of the molecule is CCC(C)NC(C(=O)OC)c1cccc(C(F)(F)F)c1. The number of carbonyl (C=O) groups is 1. The zero-order valence-corrected chi connectivity index (χ0v) is 11.6. The number of hydrogen-bond acceptors (Lipinski definition) is 3. The van der Waals surface area contributed by atoms with E-state index in [-0.39, 0.29) is 11.6 Å². The normalized spacial score (nSPS) is 14.7. The van der Waals surface area contributed by atoms with Crippen molar-refractivity contribution in [1.82, 2.24) is 5.32 Å². The van der Waals surface area contributed by atoms with E-state index in [1.165, 1.54) is 19.2 Å². The molecule has 3 nitrogen and oxygen atoms in total. The van der Waals surface area contributed by atoms with Crippen molar-refractivity contribution >= 4 is 5.97 Å². The number of rotatable bonds is 5. The molecule has 0 fully saturated rings. The van der Waals surface area contributed by atoms with E-state index in [2.05, 4.69) is 10.1 Å². The third-order valence-electron chi connectivity index (χ3n) is 3.05. The molecular weight excluding hydrogens is 271 g/mol. The van der Waals surface area contributed by atoms with Crippen LogP contribution >= 0.6 is 0 Å². The van der Waals surface area contributed by atoms with Crippen molar-refractivity contribution in [2.75, 3.05) is 7.11 Å². The lowest BCUT2D eigenvalue weighted by Gasteiger charge is -2.21. The average molecular weight is 289 g/mol. The van der Waals surface area contributed by atoms with Gasteiger partial charge in [0.25, 0.3) is 0 Å². The van der Waals surface area contributed by atoms with E-state index in [4.69, 9.17) is 0 Å². The van der Waals surface area contributed by atoms with Crippen LogP contribution in [0.2, 0.25) is 0 Å². The summed E-state index contributed by atoms with van der Waals surface area (Å²) < 4.78 is 42.8. The number of nitrogens with one attached hydrogen (secondary N) is 1. The standard InChI is InChI=1S/C14H18F3NO2/c1-4-9(2)18-12(13(19)20-3)10-6-5-7-11(8-10)14(15,16)17/h5-9,12,18H,4H2,1-3H3. The summed E-state index contributed by atoms with van der Waals surface area (Å²) in [6.45, 7) is 3.77. The van der Waals surface area contributed by atoms with Crippen molar-refractivity contribution in [3.05, 3.63) is 35.4 Å². The van der Waals surface area contributed by atoms with E-state index in [0.717, 1.165) is 18.6 Å². The molecule has 1 rings (SSSR count). The van der Waals surface area contributed by atoms with Crippen LogP contribution < -0.4 is 5.32 Å². The van der Waals surface area contributed by atoms with Crippen LogP contribution in [-0.4, -0.2) is 19.1 Å². The lowest BCUT2D eigenvalue weighted by atomic mass is 10.0. The Balaban J connectivity index is 3.11. The van der Waals surface area contributed by atoms with Gasteiger partial charge in [-0.25, -0.2) is 4.79 Å². The number of benzene rings is 1. The summed E-state index contributed by atoms with van der Waals surface area (Å²) in [4.78, 5) is 11.8. The fourth-order valence-corrected chi connectivity index (χ4v) is 1.72.